The summed E-state index contributed by atoms with van der Waals surface area (Å²) in [6, 6.07) is 14.6. The van der Waals surface area contributed by atoms with Gasteiger partial charge >= 0.3 is 12.2 Å². The number of hydrogen-bond acceptors (Lipinski definition) is 4. The second-order valence-electron chi connectivity index (χ2n) is 9.87. The van der Waals surface area contributed by atoms with Gasteiger partial charge in [-0.25, -0.2) is 9.78 Å². The Bertz CT molecular complexity index is 1260. The minimum atomic E-state index is -4.22. The van der Waals surface area contributed by atoms with Gasteiger partial charge in [-0.05, 0) is 56.0 Å². The van der Waals surface area contributed by atoms with E-state index in [4.69, 9.17) is 9.40 Å². The van der Waals surface area contributed by atoms with Gasteiger partial charge in [-0.1, -0.05) is 24.6 Å². The van der Waals surface area contributed by atoms with Crippen LogP contribution in [-0.2, 0) is 0 Å². The number of furan rings is 1. The summed E-state index contributed by atoms with van der Waals surface area (Å²) < 4.78 is 45.6. The van der Waals surface area contributed by atoms with Crippen LogP contribution in [0.2, 0.25) is 0 Å². The smallest absolute Gasteiger partial charge is 0.393 e. The summed E-state index contributed by atoms with van der Waals surface area (Å²) >= 11 is 0. The fourth-order valence-corrected chi connectivity index (χ4v) is 5.95. The van der Waals surface area contributed by atoms with E-state index >= 15 is 0 Å². The van der Waals surface area contributed by atoms with Gasteiger partial charge in [-0.3, -0.25) is 4.90 Å². The van der Waals surface area contributed by atoms with Crippen LogP contribution < -0.4 is 15.1 Å². The second kappa shape index (κ2) is 8.87. The molecule has 0 radical (unpaired) electrons. The van der Waals surface area contributed by atoms with Crippen molar-refractivity contribution < 1.29 is 22.4 Å². The average Bonchev–Trinajstić information content (AvgIpc) is 3.61. The molecule has 1 aromatic carbocycles. The van der Waals surface area contributed by atoms with E-state index in [1.54, 1.807) is 16.1 Å². The van der Waals surface area contributed by atoms with Crippen molar-refractivity contribution in [1.82, 2.24) is 4.98 Å². The summed E-state index contributed by atoms with van der Waals surface area (Å²) in [7, 11) is 0. The van der Waals surface area contributed by atoms with E-state index in [1.165, 1.54) is 0 Å². The number of aromatic nitrogens is 1. The molecule has 188 valence electrons. The number of alkyl halides is 3. The standard InChI is InChI=1S/C27H27F3N4O2/c28-27(29,30)18-6-3-13-33(16-18)24-12-11-21-20-8-2-9-22(20)34(25(21)32-24)26(35)31-19-7-1-5-17(15-19)23-10-4-14-36-23/h1,4-5,7,10-12,14-15,18,20,22H,2-3,6,8-9,13,16H2,(H,31,35). The Labute approximate surface area is 207 Å². The molecule has 1 saturated heterocycles. The molecule has 6 rings (SSSR count). The Hall–Kier alpha value is -3.49. The van der Waals surface area contributed by atoms with Gasteiger partial charge in [0.25, 0.3) is 0 Å². The van der Waals surface area contributed by atoms with Crippen LogP contribution >= 0.6 is 0 Å². The number of urea groups is 1. The first-order valence-corrected chi connectivity index (χ1v) is 12.5. The molecule has 3 atom stereocenters. The lowest BCUT2D eigenvalue weighted by atomic mass is 9.97. The highest BCUT2D eigenvalue weighted by Gasteiger charge is 2.46. The Morgan fingerprint density at radius 1 is 1.06 bits per heavy atom. The van der Waals surface area contributed by atoms with E-state index in [-0.39, 0.29) is 31.0 Å². The van der Waals surface area contributed by atoms with Crippen molar-refractivity contribution in [2.24, 2.45) is 5.92 Å². The van der Waals surface area contributed by atoms with Gasteiger partial charge in [-0.15, -0.1) is 0 Å². The number of amides is 2. The predicted octanol–water partition coefficient (Wildman–Crippen LogP) is 6.81. The summed E-state index contributed by atoms with van der Waals surface area (Å²) in [6.45, 7) is 0.422. The summed E-state index contributed by atoms with van der Waals surface area (Å²) in [5.74, 6) is 0.613. The van der Waals surface area contributed by atoms with Gasteiger partial charge in [0.05, 0.1) is 12.2 Å². The molecule has 36 heavy (non-hydrogen) atoms. The number of carbonyl (C=O) groups is 1. The average molecular weight is 497 g/mol. The number of rotatable bonds is 3. The Balaban J connectivity index is 1.28. The summed E-state index contributed by atoms with van der Waals surface area (Å²) in [5.41, 5.74) is 2.49. The highest BCUT2D eigenvalue weighted by Crippen LogP contribution is 2.49. The SMILES string of the molecule is O=C(Nc1cccc(-c2ccco2)c1)N1c2nc(N3CCCC(C(F)(F)F)C3)ccc2C2CCCC21. The Morgan fingerprint density at radius 3 is 2.75 bits per heavy atom. The van der Waals surface area contributed by atoms with Crippen LogP contribution in [0.15, 0.2) is 59.2 Å². The fraction of sp³-hybridized carbons (Fsp3) is 0.407. The molecule has 0 bridgehead atoms. The molecular weight excluding hydrogens is 469 g/mol. The number of carbonyl (C=O) groups excluding carboxylic acids is 1. The number of pyridine rings is 1. The quantitative estimate of drug-likeness (QED) is 0.433. The number of halogens is 3. The van der Waals surface area contributed by atoms with Gasteiger partial charge in [0.2, 0.25) is 0 Å². The van der Waals surface area contributed by atoms with Gasteiger partial charge in [0.15, 0.2) is 0 Å². The zero-order valence-electron chi connectivity index (χ0n) is 19.7. The maximum absolute atomic E-state index is 13.6. The predicted molar refractivity (Wildman–Crippen MR) is 131 cm³/mol. The molecule has 3 aromatic rings. The minimum Gasteiger partial charge on any atom is -0.464 e. The first-order chi connectivity index (χ1) is 17.4. The summed E-state index contributed by atoms with van der Waals surface area (Å²) in [4.78, 5) is 21.8. The van der Waals surface area contributed by atoms with Gasteiger partial charge < -0.3 is 14.6 Å². The highest BCUT2D eigenvalue weighted by atomic mass is 19.4. The maximum atomic E-state index is 13.6. The van der Waals surface area contributed by atoms with Crippen LogP contribution in [0.1, 0.15) is 43.6 Å². The normalized spacial score (nSPS) is 23.5. The molecule has 1 N–H and O–H groups in total. The first-order valence-electron chi connectivity index (χ1n) is 12.5. The third-order valence-electron chi connectivity index (χ3n) is 7.68. The molecule has 2 aliphatic heterocycles. The van der Waals surface area contributed by atoms with Crippen LogP contribution in [0.3, 0.4) is 0 Å². The molecule has 0 spiro atoms. The van der Waals surface area contributed by atoms with Crippen molar-refractivity contribution in [1.29, 1.82) is 0 Å². The molecule has 4 heterocycles. The number of piperidine rings is 1. The number of hydrogen-bond donors (Lipinski definition) is 1. The number of nitrogens with one attached hydrogen (secondary N) is 1. The van der Waals surface area contributed by atoms with E-state index < -0.39 is 12.1 Å². The third kappa shape index (κ3) is 4.10. The van der Waals surface area contributed by atoms with Crippen LogP contribution in [0.5, 0.6) is 0 Å². The van der Waals surface area contributed by atoms with Crippen LogP contribution in [0, 0.1) is 5.92 Å². The van der Waals surface area contributed by atoms with Crippen molar-refractivity contribution >= 4 is 23.4 Å². The molecule has 3 aliphatic rings. The highest BCUT2D eigenvalue weighted by molar-refractivity contribution is 6.03. The van der Waals surface area contributed by atoms with E-state index in [9.17, 15) is 18.0 Å². The Kier molecular flexibility index (Phi) is 5.65. The van der Waals surface area contributed by atoms with Crippen molar-refractivity contribution in [3.8, 4) is 11.3 Å². The van der Waals surface area contributed by atoms with Crippen LogP contribution in [0.4, 0.5) is 35.3 Å². The summed E-state index contributed by atoms with van der Waals surface area (Å²) in [5, 5.41) is 3.01. The molecule has 1 saturated carbocycles. The van der Waals surface area contributed by atoms with Gasteiger partial charge in [0, 0.05) is 41.9 Å². The second-order valence-corrected chi connectivity index (χ2v) is 9.87. The first kappa shape index (κ1) is 22.9. The van der Waals surface area contributed by atoms with Crippen LogP contribution in [0.25, 0.3) is 11.3 Å². The van der Waals surface area contributed by atoms with Crippen molar-refractivity contribution in [3.05, 3.63) is 60.4 Å². The zero-order valence-corrected chi connectivity index (χ0v) is 19.7. The lowest BCUT2D eigenvalue weighted by molar-refractivity contribution is -0.176. The third-order valence-corrected chi connectivity index (χ3v) is 7.68. The van der Waals surface area contributed by atoms with Crippen molar-refractivity contribution in [3.63, 3.8) is 0 Å². The molecular formula is C27H27F3N4O2. The Morgan fingerprint density at radius 2 is 1.94 bits per heavy atom. The van der Waals surface area contributed by atoms with E-state index in [0.717, 1.165) is 30.4 Å². The summed E-state index contributed by atoms with van der Waals surface area (Å²) in [6.07, 6.45) is 0.845. The lowest BCUT2D eigenvalue weighted by Gasteiger charge is -2.35. The van der Waals surface area contributed by atoms with E-state index in [1.807, 2.05) is 48.5 Å². The fourth-order valence-electron chi connectivity index (χ4n) is 5.95. The number of nitrogens with zero attached hydrogens (tertiary/aromatic N) is 3. The number of benzene rings is 1. The monoisotopic (exact) mass is 496 g/mol. The van der Waals surface area contributed by atoms with Crippen molar-refractivity contribution in [2.75, 3.05) is 28.2 Å². The van der Waals surface area contributed by atoms with E-state index in [2.05, 4.69) is 5.32 Å². The number of fused-ring (bicyclic) bond motifs is 3. The molecule has 1 aliphatic carbocycles. The van der Waals surface area contributed by atoms with Gasteiger partial charge in [-0.2, -0.15) is 13.2 Å². The molecule has 2 aromatic heterocycles. The molecule has 2 amide bonds. The van der Waals surface area contributed by atoms with Crippen molar-refractivity contribution in [2.45, 2.75) is 50.2 Å². The zero-order chi connectivity index (χ0) is 24.9. The lowest BCUT2D eigenvalue weighted by Crippen LogP contribution is -2.43. The molecule has 3 unspecified atom stereocenters. The maximum Gasteiger partial charge on any atom is 0.393 e. The molecule has 6 nitrogen and oxygen atoms in total. The minimum absolute atomic E-state index is 0.000265. The number of anilines is 3. The van der Waals surface area contributed by atoms with Crippen LogP contribution in [-0.4, -0.2) is 36.3 Å². The van der Waals surface area contributed by atoms with Gasteiger partial charge in [0.1, 0.15) is 17.4 Å². The molecule has 9 heteroatoms. The topological polar surface area (TPSA) is 61.6 Å². The molecule has 2 fully saturated rings. The van der Waals surface area contributed by atoms with E-state index in [0.29, 0.717) is 36.0 Å². The largest absolute Gasteiger partial charge is 0.464 e.